The van der Waals surface area contributed by atoms with E-state index in [2.05, 4.69) is 5.32 Å². The Hall–Kier alpha value is -0.770. The molecule has 0 aromatic heterocycles. The molecular formula is C15H22Cl2N2O. The van der Waals surface area contributed by atoms with Gasteiger partial charge in [-0.3, -0.25) is 4.79 Å². The number of rotatable bonds is 5. The van der Waals surface area contributed by atoms with Crippen LogP contribution in [0.3, 0.4) is 0 Å². The Morgan fingerprint density at radius 1 is 1.45 bits per heavy atom. The van der Waals surface area contributed by atoms with Crippen molar-refractivity contribution in [2.45, 2.75) is 20.4 Å². The molecule has 1 aromatic rings. The normalized spacial score (nSPS) is 15.9. The molecule has 1 heterocycles. The Kier molecular flexibility index (Phi) is 6.80. The van der Waals surface area contributed by atoms with Crippen molar-refractivity contribution in [1.82, 2.24) is 10.2 Å². The van der Waals surface area contributed by atoms with E-state index in [9.17, 15) is 4.79 Å². The summed E-state index contributed by atoms with van der Waals surface area (Å²) < 4.78 is 0. The van der Waals surface area contributed by atoms with Crippen molar-refractivity contribution in [3.8, 4) is 0 Å². The molecule has 112 valence electrons. The topological polar surface area (TPSA) is 32.3 Å². The van der Waals surface area contributed by atoms with E-state index >= 15 is 0 Å². The second kappa shape index (κ2) is 7.87. The summed E-state index contributed by atoms with van der Waals surface area (Å²) in [6.07, 6.45) is 0. The van der Waals surface area contributed by atoms with Gasteiger partial charge in [0.1, 0.15) is 0 Å². The van der Waals surface area contributed by atoms with E-state index in [0.29, 0.717) is 19.0 Å². The van der Waals surface area contributed by atoms with Crippen molar-refractivity contribution in [2.75, 3.05) is 19.6 Å². The maximum atomic E-state index is 12.5. The average Bonchev–Trinajstić information content (AvgIpc) is 2.35. The maximum Gasteiger partial charge on any atom is 0.226 e. The molecule has 0 saturated carbocycles. The Bertz CT molecular complexity index is 449. The zero-order valence-corrected chi connectivity index (χ0v) is 13.5. The lowest BCUT2D eigenvalue weighted by atomic mass is 9.88. The van der Waals surface area contributed by atoms with Gasteiger partial charge in [0.2, 0.25) is 5.91 Å². The summed E-state index contributed by atoms with van der Waals surface area (Å²) >= 11 is 6.16. The van der Waals surface area contributed by atoms with E-state index in [0.717, 1.165) is 23.7 Å². The lowest BCUT2D eigenvalue weighted by Gasteiger charge is -2.35. The minimum absolute atomic E-state index is 0. The fraction of sp³-hybridized carbons (Fsp3) is 0.533. The van der Waals surface area contributed by atoms with Gasteiger partial charge in [-0.25, -0.2) is 0 Å². The monoisotopic (exact) mass is 316 g/mol. The SMILES string of the molecule is CCN(Cc1ccccc1Cl)C(=O)C(C)C1CNC1.Cl. The van der Waals surface area contributed by atoms with Gasteiger partial charge in [0.05, 0.1) is 0 Å². The molecule has 1 aromatic carbocycles. The zero-order valence-electron chi connectivity index (χ0n) is 11.9. The first-order valence-electron chi connectivity index (χ1n) is 6.86. The highest BCUT2D eigenvalue weighted by molar-refractivity contribution is 6.31. The first-order chi connectivity index (χ1) is 9.13. The van der Waals surface area contributed by atoms with Gasteiger partial charge in [-0.2, -0.15) is 0 Å². The van der Waals surface area contributed by atoms with Crippen LogP contribution in [-0.4, -0.2) is 30.4 Å². The molecule has 0 aliphatic carbocycles. The molecule has 2 rings (SSSR count). The summed E-state index contributed by atoms with van der Waals surface area (Å²) in [5.41, 5.74) is 1.01. The van der Waals surface area contributed by atoms with E-state index < -0.39 is 0 Å². The van der Waals surface area contributed by atoms with E-state index in [1.54, 1.807) is 0 Å². The van der Waals surface area contributed by atoms with E-state index in [4.69, 9.17) is 11.6 Å². The average molecular weight is 317 g/mol. The number of carbonyl (C=O) groups is 1. The fourth-order valence-electron chi connectivity index (χ4n) is 2.33. The summed E-state index contributed by atoms with van der Waals surface area (Å²) in [5.74, 6) is 0.797. The Labute approximate surface area is 132 Å². The van der Waals surface area contributed by atoms with Gasteiger partial charge in [0.25, 0.3) is 0 Å². The van der Waals surface area contributed by atoms with Crippen LogP contribution in [0.4, 0.5) is 0 Å². The molecule has 1 aliphatic rings. The zero-order chi connectivity index (χ0) is 13.8. The number of hydrogen-bond acceptors (Lipinski definition) is 2. The van der Waals surface area contributed by atoms with E-state index in [1.165, 1.54) is 0 Å². The molecule has 1 atom stereocenters. The van der Waals surface area contributed by atoms with Crippen LogP contribution in [0, 0.1) is 11.8 Å². The van der Waals surface area contributed by atoms with Gasteiger partial charge in [-0.15, -0.1) is 12.4 Å². The number of halogens is 2. The van der Waals surface area contributed by atoms with Crippen LogP contribution in [0.2, 0.25) is 5.02 Å². The van der Waals surface area contributed by atoms with Crippen molar-refractivity contribution in [1.29, 1.82) is 0 Å². The molecule has 1 fully saturated rings. The van der Waals surface area contributed by atoms with Crippen molar-refractivity contribution < 1.29 is 4.79 Å². The Balaban J connectivity index is 0.00000200. The molecule has 3 nitrogen and oxygen atoms in total. The maximum absolute atomic E-state index is 12.5. The molecular weight excluding hydrogens is 295 g/mol. The van der Waals surface area contributed by atoms with Crippen LogP contribution in [0.1, 0.15) is 19.4 Å². The molecule has 5 heteroatoms. The van der Waals surface area contributed by atoms with Crippen LogP contribution >= 0.6 is 24.0 Å². The van der Waals surface area contributed by atoms with E-state index in [1.807, 2.05) is 43.0 Å². The molecule has 1 amide bonds. The van der Waals surface area contributed by atoms with Crippen LogP contribution in [0.15, 0.2) is 24.3 Å². The third-order valence-corrected chi connectivity index (χ3v) is 4.29. The molecule has 0 bridgehead atoms. The molecule has 1 N–H and O–H groups in total. The first-order valence-corrected chi connectivity index (χ1v) is 7.24. The lowest BCUT2D eigenvalue weighted by molar-refractivity contribution is -0.137. The van der Waals surface area contributed by atoms with Crippen molar-refractivity contribution in [3.63, 3.8) is 0 Å². The molecule has 1 saturated heterocycles. The number of nitrogens with zero attached hydrogens (tertiary/aromatic N) is 1. The lowest BCUT2D eigenvalue weighted by Crippen LogP contribution is -2.50. The summed E-state index contributed by atoms with van der Waals surface area (Å²) in [5, 5.41) is 3.95. The molecule has 0 radical (unpaired) electrons. The fourth-order valence-corrected chi connectivity index (χ4v) is 2.53. The number of carbonyl (C=O) groups excluding carboxylic acids is 1. The second-order valence-corrected chi connectivity index (χ2v) is 5.56. The minimum atomic E-state index is 0. The predicted molar refractivity (Wildman–Crippen MR) is 85.3 cm³/mol. The Morgan fingerprint density at radius 2 is 2.10 bits per heavy atom. The van der Waals surface area contributed by atoms with Crippen molar-refractivity contribution in [2.24, 2.45) is 11.8 Å². The highest BCUT2D eigenvalue weighted by Gasteiger charge is 2.31. The predicted octanol–water partition coefficient (Wildman–Crippen LogP) is 2.97. The van der Waals surface area contributed by atoms with Crippen LogP contribution in [0.25, 0.3) is 0 Å². The van der Waals surface area contributed by atoms with E-state index in [-0.39, 0.29) is 24.2 Å². The summed E-state index contributed by atoms with van der Waals surface area (Å²) in [6.45, 7) is 7.27. The van der Waals surface area contributed by atoms with Crippen LogP contribution in [-0.2, 0) is 11.3 Å². The van der Waals surface area contributed by atoms with Crippen molar-refractivity contribution >= 4 is 29.9 Å². The molecule has 0 spiro atoms. The van der Waals surface area contributed by atoms with Crippen LogP contribution < -0.4 is 5.32 Å². The van der Waals surface area contributed by atoms with Gasteiger partial charge in [0.15, 0.2) is 0 Å². The second-order valence-electron chi connectivity index (χ2n) is 5.15. The number of nitrogens with one attached hydrogen (secondary N) is 1. The van der Waals surface area contributed by atoms with Gasteiger partial charge in [-0.05, 0) is 37.6 Å². The molecule has 1 aliphatic heterocycles. The highest BCUT2D eigenvalue weighted by Crippen LogP contribution is 2.22. The highest BCUT2D eigenvalue weighted by atomic mass is 35.5. The summed E-state index contributed by atoms with van der Waals surface area (Å²) in [4.78, 5) is 14.4. The smallest absolute Gasteiger partial charge is 0.226 e. The standard InChI is InChI=1S/C15H21ClN2O.ClH/c1-3-18(10-12-6-4-5-7-14(12)16)15(19)11(2)13-8-17-9-13;/h4-7,11,13,17H,3,8-10H2,1-2H3;1H. The van der Waals surface area contributed by atoms with Gasteiger partial charge < -0.3 is 10.2 Å². The molecule has 1 unspecified atom stereocenters. The van der Waals surface area contributed by atoms with Crippen LogP contribution in [0.5, 0.6) is 0 Å². The molecule has 20 heavy (non-hydrogen) atoms. The third kappa shape index (κ3) is 3.87. The summed E-state index contributed by atoms with van der Waals surface area (Å²) in [7, 11) is 0. The van der Waals surface area contributed by atoms with Gasteiger partial charge in [-0.1, -0.05) is 36.7 Å². The van der Waals surface area contributed by atoms with Crippen molar-refractivity contribution in [3.05, 3.63) is 34.9 Å². The number of hydrogen-bond donors (Lipinski definition) is 1. The summed E-state index contributed by atoms with van der Waals surface area (Å²) in [6, 6.07) is 7.72. The number of benzene rings is 1. The first kappa shape index (κ1) is 17.3. The Morgan fingerprint density at radius 3 is 2.60 bits per heavy atom. The quantitative estimate of drug-likeness (QED) is 0.905. The number of amides is 1. The minimum Gasteiger partial charge on any atom is -0.338 e. The van der Waals surface area contributed by atoms with Gasteiger partial charge >= 0.3 is 0 Å². The van der Waals surface area contributed by atoms with Gasteiger partial charge in [0, 0.05) is 24.0 Å². The third-order valence-electron chi connectivity index (χ3n) is 3.92. The largest absolute Gasteiger partial charge is 0.338 e.